The van der Waals surface area contributed by atoms with E-state index in [4.69, 9.17) is 22.0 Å². The van der Waals surface area contributed by atoms with Gasteiger partial charge in [-0.2, -0.15) is 0 Å². The molecule has 0 saturated carbocycles. The SMILES string of the molecule is N=C(N)c1cc(O)ccc1CC(N)C(=O)O. The number of nitrogens with one attached hydrogen (secondary N) is 1. The molecule has 0 fully saturated rings. The van der Waals surface area contributed by atoms with Crippen molar-refractivity contribution in [2.75, 3.05) is 0 Å². The molecule has 16 heavy (non-hydrogen) atoms. The zero-order valence-electron chi connectivity index (χ0n) is 8.47. The van der Waals surface area contributed by atoms with Crippen LogP contribution in [0.5, 0.6) is 5.75 Å². The third-order valence-electron chi connectivity index (χ3n) is 2.14. The molecule has 0 aromatic heterocycles. The van der Waals surface area contributed by atoms with Crippen LogP contribution in [-0.4, -0.2) is 28.1 Å². The van der Waals surface area contributed by atoms with Crippen molar-refractivity contribution in [1.29, 1.82) is 5.41 Å². The van der Waals surface area contributed by atoms with Crippen molar-refractivity contribution in [3.05, 3.63) is 29.3 Å². The van der Waals surface area contributed by atoms with Crippen molar-refractivity contribution >= 4 is 11.8 Å². The topological polar surface area (TPSA) is 133 Å². The standard InChI is InChI=1S/C10H13N3O3/c11-8(10(15)16)3-5-1-2-6(14)4-7(5)9(12)13/h1-2,4,8,14H,3,11H2,(H3,12,13)(H,15,16). The van der Waals surface area contributed by atoms with E-state index in [2.05, 4.69) is 0 Å². The smallest absolute Gasteiger partial charge is 0.320 e. The van der Waals surface area contributed by atoms with Gasteiger partial charge in [-0.25, -0.2) is 0 Å². The highest BCUT2D eigenvalue weighted by Crippen LogP contribution is 2.17. The Kier molecular flexibility index (Phi) is 3.47. The molecular weight excluding hydrogens is 210 g/mol. The maximum absolute atomic E-state index is 10.6. The Morgan fingerprint density at radius 2 is 2.12 bits per heavy atom. The molecule has 0 saturated heterocycles. The van der Waals surface area contributed by atoms with E-state index in [-0.39, 0.29) is 18.0 Å². The molecule has 0 heterocycles. The van der Waals surface area contributed by atoms with E-state index < -0.39 is 12.0 Å². The number of rotatable bonds is 4. The molecule has 0 aliphatic carbocycles. The lowest BCUT2D eigenvalue weighted by Crippen LogP contribution is -2.33. The predicted octanol–water partition coefficient (Wildman–Crippen LogP) is -0.369. The fourth-order valence-electron chi connectivity index (χ4n) is 1.32. The summed E-state index contributed by atoms with van der Waals surface area (Å²) in [5.41, 5.74) is 11.5. The molecular formula is C10H13N3O3. The number of nitrogens with two attached hydrogens (primary N) is 2. The Morgan fingerprint density at radius 1 is 1.50 bits per heavy atom. The number of phenols is 1. The van der Waals surface area contributed by atoms with Gasteiger partial charge in [-0.05, 0) is 24.1 Å². The first-order valence-electron chi connectivity index (χ1n) is 4.56. The Morgan fingerprint density at radius 3 is 2.62 bits per heavy atom. The summed E-state index contributed by atoms with van der Waals surface area (Å²) in [4.78, 5) is 10.6. The van der Waals surface area contributed by atoms with Crippen molar-refractivity contribution in [2.24, 2.45) is 11.5 Å². The van der Waals surface area contributed by atoms with Gasteiger partial charge in [-0.3, -0.25) is 10.2 Å². The molecule has 7 N–H and O–H groups in total. The molecule has 0 amide bonds. The number of nitrogen functional groups attached to an aromatic ring is 1. The number of carboxylic acid groups (broad SMARTS) is 1. The third kappa shape index (κ3) is 2.71. The Balaban J connectivity index is 3.04. The van der Waals surface area contributed by atoms with Gasteiger partial charge in [-0.15, -0.1) is 0 Å². The first-order valence-corrected chi connectivity index (χ1v) is 4.56. The number of amidine groups is 1. The molecule has 1 unspecified atom stereocenters. The number of carbonyl (C=O) groups is 1. The number of aliphatic carboxylic acids is 1. The molecule has 1 atom stereocenters. The van der Waals surface area contributed by atoms with Crippen LogP contribution in [0.25, 0.3) is 0 Å². The first-order chi connectivity index (χ1) is 7.41. The van der Waals surface area contributed by atoms with Crippen LogP contribution in [0.4, 0.5) is 0 Å². The van der Waals surface area contributed by atoms with Crippen LogP contribution in [0.15, 0.2) is 18.2 Å². The average Bonchev–Trinajstić information content (AvgIpc) is 2.20. The van der Waals surface area contributed by atoms with Crippen LogP contribution >= 0.6 is 0 Å². The lowest BCUT2D eigenvalue weighted by molar-refractivity contribution is -0.138. The summed E-state index contributed by atoms with van der Waals surface area (Å²) in [6.07, 6.45) is 0.0600. The van der Waals surface area contributed by atoms with Crippen LogP contribution in [0.3, 0.4) is 0 Å². The van der Waals surface area contributed by atoms with Gasteiger partial charge in [-0.1, -0.05) is 6.07 Å². The molecule has 0 radical (unpaired) electrons. The normalized spacial score (nSPS) is 12.1. The summed E-state index contributed by atoms with van der Waals surface area (Å²) in [7, 11) is 0. The van der Waals surface area contributed by atoms with Crippen LogP contribution in [0.2, 0.25) is 0 Å². The van der Waals surface area contributed by atoms with Gasteiger partial charge in [0, 0.05) is 5.56 Å². The molecule has 86 valence electrons. The van der Waals surface area contributed by atoms with E-state index in [0.29, 0.717) is 11.1 Å². The predicted molar refractivity (Wildman–Crippen MR) is 58.4 cm³/mol. The number of aromatic hydroxyl groups is 1. The molecule has 1 rings (SSSR count). The highest BCUT2D eigenvalue weighted by molar-refractivity contribution is 5.97. The lowest BCUT2D eigenvalue weighted by atomic mass is 9.99. The van der Waals surface area contributed by atoms with E-state index in [1.807, 2.05) is 0 Å². The fourth-order valence-corrected chi connectivity index (χ4v) is 1.32. The van der Waals surface area contributed by atoms with Crippen LogP contribution in [0.1, 0.15) is 11.1 Å². The van der Waals surface area contributed by atoms with Crippen LogP contribution in [0, 0.1) is 5.41 Å². The van der Waals surface area contributed by atoms with E-state index in [1.54, 1.807) is 0 Å². The highest BCUT2D eigenvalue weighted by Gasteiger charge is 2.15. The Bertz CT molecular complexity index is 431. The maximum atomic E-state index is 10.6. The van der Waals surface area contributed by atoms with Gasteiger partial charge >= 0.3 is 5.97 Å². The number of hydrogen-bond donors (Lipinski definition) is 5. The largest absolute Gasteiger partial charge is 0.508 e. The van der Waals surface area contributed by atoms with E-state index in [0.717, 1.165) is 0 Å². The zero-order chi connectivity index (χ0) is 12.3. The molecule has 1 aromatic carbocycles. The fraction of sp³-hybridized carbons (Fsp3) is 0.200. The van der Waals surface area contributed by atoms with Gasteiger partial charge in [0.25, 0.3) is 0 Å². The molecule has 0 spiro atoms. The summed E-state index contributed by atoms with van der Waals surface area (Å²) in [6.45, 7) is 0. The lowest BCUT2D eigenvalue weighted by Gasteiger charge is -2.11. The number of carboxylic acids is 1. The van der Waals surface area contributed by atoms with Gasteiger partial charge in [0.05, 0.1) is 0 Å². The van der Waals surface area contributed by atoms with Gasteiger partial charge in [0.15, 0.2) is 0 Å². The van der Waals surface area contributed by atoms with Crippen molar-refractivity contribution in [3.63, 3.8) is 0 Å². The van der Waals surface area contributed by atoms with Crippen LogP contribution in [-0.2, 0) is 11.2 Å². The second kappa shape index (κ2) is 4.63. The van der Waals surface area contributed by atoms with Crippen molar-refractivity contribution in [3.8, 4) is 5.75 Å². The Hall–Kier alpha value is -2.08. The Labute approximate surface area is 92.0 Å². The summed E-state index contributed by atoms with van der Waals surface area (Å²) in [5.74, 6) is -1.39. The monoisotopic (exact) mass is 223 g/mol. The molecule has 6 nitrogen and oxygen atoms in total. The number of benzene rings is 1. The highest BCUT2D eigenvalue weighted by atomic mass is 16.4. The minimum Gasteiger partial charge on any atom is -0.508 e. The van der Waals surface area contributed by atoms with Crippen molar-refractivity contribution in [1.82, 2.24) is 0 Å². The maximum Gasteiger partial charge on any atom is 0.320 e. The average molecular weight is 223 g/mol. The second-order valence-electron chi connectivity index (χ2n) is 3.40. The summed E-state index contributed by atoms with van der Waals surface area (Å²) in [6, 6.07) is 3.17. The summed E-state index contributed by atoms with van der Waals surface area (Å²) < 4.78 is 0. The molecule has 6 heteroatoms. The van der Waals surface area contributed by atoms with E-state index in [9.17, 15) is 9.90 Å². The second-order valence-corrected chi connectivity index (χ2v) is 3.40. The van der Waals surface area contributed by atoms with E-state index in [1.165, 1.54) is 18.2 Å². The number of phenolic OH excluding ortho intramolecular Hbond substituents is 1. The van der Waals surface area contributed by atoms with Crippen molar-refractivity contribution < 1.29 is 15.0 Å². The molecule has 1 aromatic rings. The van der Waals surface area contributed by atoms with Crippen LogP contribution < -0.4 is 11.5 Å². The van der Waals surface area contributed by atoms with Gasteiger partial charge < -0.3 is 21.7 Å². The number of hydrogen-bond acceptors (Lipinski definition) is 4. The summed E-state index contributed by atoms with van der Waals surface area (Å²) in [5, 5.41) is 25.2. The first kappa shape index (κ1) is 12.0. The summed E-state index contributed by atoms with van der Waals surface area (Å²) >= 11 is 0. The van der Waals surface area contributed by atoms with Gasteiger partial charge in [0.1, 0.15) is 17.6 Å². The molecule has 0 aliphatic rings. The third-order valence-corrected chi connectivity index (χ3v) is 2.14. The molecule has 0 bridgehead atoms. The van der Waals surface area contributed by atoms with Crippen molar-refractivity contribution in [2.45, 2.75) is 12.5 Å². The minimum atomic E-state index is -1.12. The molecule has 0 aliphatic heterocycles. The minimum absolute atomic E-state index is 0.0298. The quantitative estimate of drug-likeness (QED) is 0.351. The van der Waals surface area contributed by atoms with E-state index >= 15 is 0 Å². The van der Waals surface area contributed by atoms with Gasteiger partial charge in [0.2, 0.25) is 0 Å². The zero-order valence-corrected chi connectivity index (χ0v) is 8.47.